The van der Waals surface area contributed by atoms with Crippen molar-refractivity contribution in [3.05, 3.63) is 34.0 Å². The van der Waals surface area contributed by atoms with Crippen LogP contribution in [-0.2, 0) is 0 Å². The van der Waals surface area contributed by atoms with Crippen molar-refractivity contribution >= 4 is 22.5 Å². The van der Waals surface area contributed by atoms with Crippen molar-refractivity contribution in [2.75, 3.05) is 7.11 Å². The molecule has 2 aromatic rings. The van der Waals surface area contributed by atoms with E-state index in [2.05, 4.69) is 13.8 Å². The maximum atomic E-state index is 6.55. The largest absolute Gasteiger partial charge is 0.497 e. The van der Waals surface area contributed by atoms with Gasteiger partial charge in [-0.05, 0) is 43.0 Å². The molecule has 0 fully saturated rings. The number of methoxy groups -OCH3 is 1. The van der Waals surface area contributed by atoms with E-state index < -0.39 is 0 Å². The standard InChI is InChI=1S/C15H18ClNO/c1-8(2)13-10(4)17-15-9(3)6-11(18-5)7-12(15)14(13)16/h6-8H,1-5H3. The molecule has 3 heteroatoms. The first kappa shape index (κ1) is 13.2. The van der Waals surface area contributed by atoms with Crippen LogP contribution in [0.2, 0.25) is 5.02 Å². The van der Waals surface area contributed by atoms with Gasteiger partial charge >= 0.3 is 0 Å². The summed E-state index contributed by atoms with van der Waals surface area (Å²) in [5, 5.41) is 1.78. The van der Waals surface area contributed by atoms with Crippen LogP contribution in [0.1, 0.15) is 36.6 Å². The van der Waals surface area contributed by atoms with Crippen LogP contribution in [-0.4, -0.2) is 12.1 Å². The predicted octanol–water partition coefficient (Wildman–Crippen LogP) is 4.64. The molecule has 0 spiro atoms. The minimum absolute atomic E-state index is 0.362. The van der Waals surface area contributed by atoms with E-state index in [0.717, 1.165) is 38.5 Å². The third-order valence-corrected chi connectivity index (χ3v) is 3.64. The molecule has 0 bridgehead atoms. The number of benzene rings is 1. The molecule has 96 valence electrons. The summed E-state index contributed by atoms with van der Waals surface area (Å²) in [6, 6.07) is 3.95. The Kier molecular flexibility index (Phi) is 3.49. The molecular formula is C15H18ClNO. The molecule has 0 radical (unpaired) electrons. The van der Waals surface area contributed by atoms with Crippen LogP contribution in [0.3, 0.4) is 0 Å². The third kappa shape index (κ3) is 2.05. The Labute approximate surface area is 113 Å². The number of rotatable bonds is 2. The summed E-state index contributed by atoms with van der Waals surface area (Å²) in [7, 11) is 1.67. The monoisotopic (exact) mass is 263 g/mol. The van der Waals surface area contributed by atoms with Gasteiger partial charge < -0.3 is 4.74 Å². The highest BCUT2D eigenvalue weighted by Gasteiger charge is 2.15. The number of hydrogen-bond acceptors (Lipinski definition) is 2. The lowest BCUT2D eigenvalue weighted by molar-refractivity contribution is 0.415. The molecule has 1 aromatic heterocycles. The first-order valence-corrected chi connectivity index (χ1v) is 6.47. The Hall–Kier alpha value is -1.28. The molecule has 0 saturated carbocycles. The summed E-state index contributed by atoms with van der Waals surface area (Å²) >= 11 is 6.55. The van der Waals surface area contributed by atoms with E-state index in [-0.39, 0.29) is 0 Å². The van der Waals surface area contributed by atoms with Crippen LogP contribution in [0.5, 0.6) is 5.75 Å². The highest BCUT2D eigenvalue weighted by atomic mass is 35.5. The van der Waals surface area contributed by atoms with Crippen molar-refractivity contribution in [1.82, 2.24) is 4.98 Å². The number of fused-ring (bicyclic) bond motifs is 1. The Morgan fingerprint density at radius 3 is 2.44 bits per heavy atom. The SMILES string of the molecule is COc1cc(C)c2nc(C)c(C(C)C)c(Cl)c2c1. The van der Waals surface area contributed by atoms with Gasteiger partial charge in [-0.2, -0.15) is 0 Å². The Bertz CT molecular complexity index is 605. The average molecular weight is 264 g/mol. The van der Waals surface area contributed by atoms with Crippen molar-refractivity contribution in [2.45, 2.75) is 33.6 Å². The summed E-state index contributed by atoms with van der Waals surface area (Å²) in [6.07, 6.45) is 0. The quantitative estimate of drug-likeness (QED) is 0.788. The average Bonchev–Trinajstić information content (AvgIpc) is 2.29. The fourth-order valence-corrected chi connectivity index (χ4v) is 2.88. The number of nitrogens with zero attached hydrogens (tertiary/aromatic N) is 1. The van der Waals surface area contributed by atoms with Crippen LogP contribution in [0.15, 0.2) is 12.1 Å². The summed E-state index contributed by atoms with van der Waals surface area (Å²) in [5.41, 5.74) is 4.18. The molecule has 0 aliphatic rings. The van der Waals surface area contributed by atoms with Gasteiger partial charge in [-0.15, -0.1) is 0 Å². The molecule has 0 aliphatic carbocycles. The first-order chi connectivity index (χ1) is 8.45. The molecule has 0 N–H and O–H groups in total. The first-order valence-electron chi connectivity index (χ1n) is 6.10. The number of pyridine rings is 1. The van der Waals surface area contributed by atoms with Gasteiger partial charge in [-0.25, -0.2) is 0 Å². The van der Waals surface area contributed by atoms with Crippen molar-refractivity contribution in [1.29, 1.82) is 0 Å². The molecule has 1 heterocycles. The van der Waals surface area contributed by atoms with E-state index >= 15 is 0 Å². The minimum atomic E-state index is 0.362. The second-order valence-corrected chi connectivity index (χ2v) is 5.30. The molecule has 0 atom stereocenters. The Morgan fingerprint density at radius 1 is 1.22 bits per heavy atom. The molecule has 2 rings (SSSR count). The van der Waals surface area contributed by atoms with Gasteiger partial charge in [0.2, 0.25) is 0 Å². The molecule has 0 unspecified atom stereocenters. The molecule has 0 amide bonds. The van der Waals surface area contributed by atoms with E-state index in [0.29, 0.717) is 5.92 Å². The fourth-order valence-electron chi connectivity index (χ4n) is 2.38. The van der Waals surface area contributed by atoms with Gasteiger partial charge in [0, 0.05) is 11.1 Å². The van der Waals surface area contributed by atoms with Crippen LogP contribution in [0, 0.1) is 13.8 Å². The second kappa shape index (κ2) is 4.77. The normalized spacial score (nSPS) is 11.3. The van der Waals surface area contributed by atoms with Crippen LogP contribution in [0.25, 0.3) is 10.9 Å². The maximum absolute atomic E-state index is 6.55. The topological polar surface area (TPSA) is 22.1 Å². The minimum Gasteiger partial charge on any atom is -0.497 e. The van der Waals surface area contributed by atoms with E-state index in [1.165, 1.54) is 0 Å². The summed E-state index contributed by atoms with van der Waals surface area (Å²) in [6.45, 7) is 8.32. The zero-order valence-corrected chi connectivity index (χ0v) is 12.2. The number of aromatic nitrogens is 1. The number of halogens is 1. The predicted molar refractivity (Wildman–Crippen MR) is 76.9 cm³/mol. The van der Waals surface area contributed by atoms with Crippen molar-refractivity contribution < 1.29 is 4.74 Å². The van der Waals surface area contributed by atoms with Crippen molar-refractivity contribution in [3.8, 4) is 5.75 Å². The fraction of sp³-hybridized carbons (Fsp3) is 0.400. The molecule has 2 nitrogen and oxygen atoms in total. The summed E-state index contributed by atoms with van der Waals surface area (Å²) in [5.74, 6) is 1.18. The highest BCUT2D eigenvalue weighted by Crippen LogP contribution is 2.36. The van der Waals surface area contributed by atoms with E-state index in [4.69, 9.17) is 21.3 Å². The van der Waals surface area contributed by atoms with Gasteiger partial charge in [0.15, 0.2) is 0 Å². The van der Waals surface area contributed by atoms with Gasteiger partial charge in [-0.1, -0.05) is 25.4 Å². The lowest BCUT2D eigenvalue weighted by Gasteiger charge is -2.15. The van der Waals surface area contributed by atoms with E-state index in [9.17, 15) is 0 Å². The van der Waals surface area contributed by atoms with Gasteiger partial charge in [0.05, 0.1) is 17.6 Å². The van der Waals surface area contributed by atoms with Gasteiger partial charge in [0.1, 0.15) is 5.75 Å². The number of aryl methyl sites for hydroxylation is 2. The Morgan fingerprint density at radius 2 is 1.89 bits per heavy atom. The lowest BCUT2D eigenvalue weighted by atomic mass is 9.98. The van der Waals surface area contributed by atoms with Crippen LogP contribution in [0.4, 0.5) is 0 Å². The van der Waals surface area contributed by atoms with Crippen LogP contribution >= 0.6 is 11.6 Å². The maximum Gasteiger partial charge on any atom is 0.119 e. The van der Waals surface area contributed by atoms with E-state index in [1.807, 2.05) is 26.0 Å². The zero-order chi connectivity index (χ0) is 13.4. The Balaban J connectivity index is 2.87. The number of ether oxygens (including phenoxy) is 1. The van der Waals surface area contributed by atoms with Crippen molar-refractivity contribution in [3.63, 3.8) is 0 Å². The third-order valence-electron chi connectivity index (χ3n) is 3.23. The molecule has 0 saturated heterocycles. The zero-order valence-electron chi connectivity index (χ0n) is 11.5. The van der Waals surface area contributed by atoms with Crippen molar-refractivity contribution in [2.24, 2.45) is 0 Å². The van der Waals surface area contributed by atoms with E-state index in [1.54, 1.807) is 7.11 Å². The highest BCUT2D eigenvalue weighted by molar-refractivity contribution is 6.36. The van der Waals surface area contributed by atoms with Crippen LogP contribution < -0.4 is 4.74 Å². The van der Waals surface area contributed by atoms with Gasteiger partial charge in [0.25, 0.3) is 0 Å². The lowest BCUT2D eigenvalue weighted by Crippen LogP contribution is -1.99. The number of hydrogen-bond donors (Lipinski definition) is 0. The smallest absolute Gasteiger partial charge is 0.119 e. The second-order valence-electron chi connectivity index (χ2n) is 4.92. The molecule has 18 heavy (non-hydrogen) atoms. The summed E-state index contributed by atoms with van der Waals surface area (Å²) in [4.78, 5) is 4.69. The summed E-state index contributed by atoms with van der Waals surface area (Å²) < 4.78 is 5.30. The molecule has 0 aliphatic heterocycles. The molecular weight excluding hydrogens is 246 g/mol. The van der Waals surface area contributed by atoms with Gasteiger partial charge in [-0.3, -0.25) is 4.98 Å². The molecule has 1 aromatic carbocycles.